The van der Waals surface area contributed by atoms with Crippen molar-refractivity contribution in [2.45, 2.75) is 6.92 Å². The molecule has 1 amide bonds. The van der Waals surface area contributed by atoms with Crippen LogP contribution in [0.1, 0.15) is 17.4 Å². The molecule has 0 aliphatic heterocycles. The van der Waals surface area contributed by atoms with Gasteiger partial charge < -0.3 is 9.64 Å². The number of carbonyl (C=O) groups excluding carboxylic acids is 2. The molecule has 0 aliphatic carbocycles. The molecule has 0 atom stereocenters. The number of methoxy groups -OCH3 is 1. The minimum absolute atomic E-state index is 0.145. The van der Waals surface area contributed by atoms with Gasteiger partial charge in [-0.1, -0.05) is 11.3 Å². The van der Waals surface area contributed by atoms with Crippen molar-refractivity contribution >= 4 is 44.1 Å². The first kappa shape index (κ1) is 12.1. The Labute approximate surface area is 99.2 Å². The summed E-state index contributed by atoms with van der Waals surface area (Å²) in [6.45, 7) is 1.41. The van der Waals surface area contributed by atoms with Crippen molar-refractivity contribution in [2.24, 2.45) is 0 Å². The predicted molar refractivity (Wildman–Crippen MR) is 60.2 cm³/mol. The summed E-state index contributed by atoms with van der Waals surface area (Å²) >= 11 is 4.36. The number of esters is 1. The molecule has 0 aliphatic rings. The van der Waals surface area contributed by atoms with Crippen LogP contribution in [0.5, 0.6) is 0 Å². The van der Waals surface area contributed by atoms with Crippen molar-refractivity contribution in [2.75, 3.05) is 19.1 Å². The van der Waals surface area contributed by atoms with E-state index in [4.69, 9.17) is 0 Å². The number of thiazole rings is 1. The van der Waals surface area contributed by atoms with Crippen LogP contribution >= 0.6 is 27.3 Å². The van der Waals surface area contributed by atoms with Crippen LogP contribution in [0, 0.1) is 0 Å². The van der Waals surface area contributed by atoms with Gasteiger partial charge in [-0.3, -0.25) is 4.79 Å². The Morgan fingerprint density at radius 1 is 1.53 bits per heavy atom. The fourth-order valence-electron chi connectivity index (χ4n) is 0.887. The van der Waals surface area contributed by atoms with Crippen LogP contribution in [0.3, 0.4) is 0 Å². The largest absolute Gasteiger partial charge is 0.464 e. The lowest BCUT2D eigenvalue weighted by atomic mass is 10.4. The van der Waals surface area contributed by atoms with Crippen molar-refractivity contribution in [3.05, 3.63) is 9.61 Å². The molecule has 0 radical (unpaired) electrons. The third-order valence-corrected chi connectivity index (χ3v) is 3.32. The monoisotopic (exact) mass is 292 g/mol. The van der Waals surface area contributed by atoms with Crippen molar-refractivity contribution < 1.29 is 14.3 Å². The van der Waals surface area contributed by atoms with Crippen molar-refractivity contribution in [1.29, 1.82) is 0 Å². The molecule has 1 aromatic heterocycles. The molecule has 1 aromatic rings. The van der Waals surface area contributed by atoms with E-state index in [0.717, 1.165) is 0 Å². The number of hydrogen-bond donors (Lipinski definition) is 0. The third-order valence-electron chi connectivity index (χ3n) is 1.74. The molecule has 0 saturated carbocycles. The van der Waals surface area contributed by atoms with Gasteiger partial charge in [-0.05, 0) is 15.9 Å². The lowest BCUT2D eigenvalue weighted by Gasteiger charge is -2.12. The van der Waals surface area contributed by atoms with Crippen LogP contribution in [0.25, 0.3) is 0 Å². The summed E-state index contributed by atoms with van der Waals surface area (Å²) in [7, 11) is 2.85. The van der Waals surface area contributed by atoms with Gasteiger partial charge in [-0.15, -0.1) is 0 Å². The first-order valence-electron chi connectivity index (χ1n) is 3.96. The number of aromatic nitrogens is 1. The highest BCUT2D eigenvalue weighted by Crippen LogP contribution is 2.31. The number of carbonyl (C=O) groups is 2. The SMILES string of the molecule is COC(=O)c1nc(Br)sc1N(C)C(C)=O. The molecule has 82 valence electrons. The second-order valence-corrected chi connectivity index (χ2v) is 4.94. The summed E-state index contributed by atoms with van der Waals surface area (Å²) in [5.74, 6) is -0.726. The number of halogens is 1. The fourth-order valence-corrected chi connectivity index (χ4v) is 2.31. The van der Waals surface area contributed by atoms with Gasteiger partial charge in [-0.25, -0.2) is 9.78 Å². The van der Waals surface area contributed by atoms with Gasteiger partial charge in [0.25, 0.3) is 0 Å². The minimum atomic E-state index is -0.556. The molecular formula is C8H9BrN2O3S. The Bertz CT molecular complexity index is 405. The number of rotatable bonds is 2. The van der Waals surface area contributed by atoms with E-state index in [9.17, 15) is 9.59 Å². The molecule has 0 saturated heterocycles. The molecule has 0 bridgehead atoms. The van der Waals surface area contributed by atoms with E-state index in [-0.39, 0.29) is 11.6 Å². The van der Waals surface area contributed by atoms with Crippen LogP contribution in [0.4, 0.5) is 5.00 Å². The summed E-state index contributed by atoms with van der Waals surface area (Å²) in [6, 6.07) is 0. The summed E-state index contributed by atoms with van der Waals surface area (Å²) in [6.07, 6.45) is 0. The number of anilines is 1. The van der Waals surface area contributed by atoms with Crippen molar-refractivity contribution in [1.82, 2.24) is 4.98 Å². The van der Waals surface area contributed by atoms with E-state index in [1.807, 2.05) is 0 Å². The van der Waals surface area contributed by atoms with Crippen LogP contribution < -0.4 is 4.90 Å². The molecule has 5 nitrogen and oxygen atoms in total. The van der Waals surface area contributed by atoms with E-state index in [1.165, 1.54) is 30.3 Å². The van der Waals surface area contributed by atoms with E-state index in [2.05, 4.69) is 25.7 Å². The molecule has 7 heteroatoms. The van der Waals surface area contributed by atoms with Gasteiger partial charge >= 0.3 is 5.97 Å². The quantitative estimate of drug-likeness (QED) is 0.778. The van der Waals surface area contributed by atoms with Crippen LogP contribution in [0.15, 0.2) is 3.92 Å². The molecule has 15 heavy (non-hydrogen) atoms. The van der Waals surface area contributed by atoms with Crippen molar-refractivity contribution in [3.8, 4) is 0 Å². The average Bonchev–Trinajstić information content (AvgIpc) is 2.57. The summed E-state index contributed by atoms with van der Waals surface area (Å²) < 4.78 is 5.10. The first-order chi connectivity index (χ1) is 6.97. The number of ether oxygens (including phenoxy) is 1. The maximum Gasteiger partial charge on any atom is 0.359 e. The van der Waals surface area contributed by atoms with Gasteiger partial charge in [0.05, 0.1) is 7.11 Å². The third kappa shape index (κ3) is 2.54. The van der Waals surface area contributed by atoms with Crippen molar-refractivity contribution in [3.63, 3.8) is 0 Å². The zero-order valence-electron chi connectivity index (χ0n) is 8.41. The van der Waals surface area contributed by atoms with Crippen LogP contribution in [0.2, 0.25) is 0 Å². The maximum absolute atomic E-state index is 11.3. The normalized spacial score (nSPS) is 9.87. The lowest BCUT2D eigenvalue weighted by Crippen LogP contribution is -2.24. The van der Waals surface area contributed by atoms with Gasteiger partial charge in [0.1, 0.15) is 5.00 Å². The highest BCUT2D eigenvalue weighted by atomic mass is 79.9. The second-order valence-electron chi connectivity index (χ2n) is 2.69. The summed E-state index contributed by atoms with van der Waals surface area (Å²) in [4.78, 5) is 27.8. The fraction of sp³-hybridized carbons (Fsp3) is 0.375. The molecule has 0 N–H and O–H groups in total. The Morgan fingerprint density at radius 3 is 2.60 bits per heavy atom. The second kappa shape index (κ2) is 4.71. The van der Waals surface area contributed by atoms with E-state index < -0.39 is 5.97 Å². The summed E-state index contributed by atoms with van der Waals surface area (Å²) in [5.41, 5.74) is 0.145. The average molecular weight is 293 g/mol. The zero-order valence-corrected chi connectivity index (χ0v) is 10.8. The predicted octanol–water partition coefficient (Wildman–Crippen LogP) is 1.67. The Morgan fingerprint density at radius 2 is 2.13 bits per heavy atom. The number of amides is 1. The van der Waals surface area contributed by atoms with E-state index in [1.54, 1.807) is 7.05 Å². The van der Waals surface area contributed by atoms with Gasteiger partial charge in [0.2, 0.25) is 5.91 Å². The van der Waals surface area contributed by atoms with E-state index in [0.29, 0.717) is 8.92 Å². The summed E-state index contributed by atoms with van der Waals surface area (Å²) in [5, 5.41) is 0.473. The number of hydrogen-bond acceptors (Lipinski definition) is 5. The first-order valence-corrected chi connectivity index (χ1v) is 5.57. The number of nitrogens with zero attached hydrogens (tertiary/aromatic N) is 2. The Kier molecular flexibility index (Phi) is 3.81. The molecule has 0 fully saturated rings. The Balaban J connectivity index is 3.17. The molecular weight excluding hydrogens is 284 g/mol. The molecule has 0 unspecified atom stereocenters. The highest BCUT2D eigenvalue weighted by Gasteiger charge is 2.22. The van der Waals surface area contributed by atoms with Gasteiger partial charge in [-0.2, -0.15) is 0 Å². The van der Waals surface area contributed by atoms with Gasteiger partial charge in [0, 0.05) is 14.0 Å². The standard InChI is InChI=1S/C8H9BrN2O3S/c1-4(12)11(2)6-5(7(13)14-3)10-8(9)15-6/h1-3H3. The molecule has 1 heterocycles. The molecule has 0 aromatic carbocycles. The maximum atomic E-state index is 11.3. The molecule has 1 rings (SSSR count). The lowest BCUT2D eigenvalue weighted by molar-refractivity contribution is -0.116. The van der Waals surface area contributed by atoms with Crippen LogP contribution in [-0.2, 0) is 9.53 Å². The molecule has 0 spiro atoms. The van der Waals surface area contributed by atoms with Crippen LogP contribution in [-0.4, -0.2) is 31.0 Å². The Hall–Kier alpha value is -0.950. The van der Waals surface area contributed by atoms with E-state index >= 15 is 0 Å². The van der Waals surface area contributed by atoms with Gasteiger partial charge in [0.15, 0.2) is 9.61 Å². The smallest absolute Gasteiger partial charge is 0.359 e. The topological polar surface area (TPSA) is 59.5 Å². The zero-order chi connectivity index (χ0) is 11.6. The minimum Gasteiger partial charge on any atom is -0.464 e. The highest BCUT2D eigenvalue weighted by molar-refractivity contribution is 9.11.